The summed E-state index contributed by atoms with van der Waals surface area (Å²) in [5.41, 5.74) is 3.18. The molecule has 2 N–H and O–H groups in total. The number of rotatable bonds is 6. The van der Waals surface area contributed by atoms with E-state index in [1.165, 1.54) is 16.7 Å². The number of carbonyl (C=O) groups is 1. The average molecular weight is 417 g/mol. The van der Waals surface area contributed by atoms with Gasteiger partial charge in [-0.25, -0.2) is 0 Å². The predicted octanol–water partition coefficient (Wildman–Crippen LogP) is 4.30. The molecule has 0 unspecified atom stereocenters. The summed E-state index contributed by atoms with van der Waals surface area (Å²) in [5, 5.41) is 17.7. The minimum atomic E-state index is -0.327. The Morgan fingerprint density at radius 2 is 1.97 bits per heavy atom. The lowest BCUT2D eigenvalue weighted by Gasteiger charge is -2.16. The highest BCUT2D eigenvalue weighted by atomic mass is 32.2. The van der Waals surface area contributed by atoms with E-state index in [4.69, 9.17) is 0 Å². The number of fused-ring (bicyclic) bond motifs is 1. The second-order valence-corrected chi connectivity index (χ2v) is 7.76. The lowest BCUT2D eigenvalue weighted by molar-refractivity contribution is 0.0626. The Bertz CT molecular complexity index is 1200. The van der Waals surface area contributed by atoms with Crippen molar-refractivity contribution in [3.05, 3.63) is 83.8 Å². The highest BCUT2D eigenvalue weighted by Crippen LogP contribution is 2.33. The molecular weight excluding hydrogens is 396 g/mol. The molecule has 150 valence electrons. The first-order valence-corrected chi connectivity index (χ1v) is 10.2. The Morgan fingerprint density at radius 1 is 1.13 bits per heavy atom. The van der Waals surface area contributed by atoms with Crippen LogP contribution in [0.4, 0.5) is 0 Å². The number of aliphatic hydroxyl groups excluding tert-OH is 1. The molecule has 7 heteroatoms. The van der Waals surface area contributed by atoms with Crippen LogP contribution in [0.15, 0.2) is 76.7 Å². The van der Waals surface area contributed by atoms with E-state index in [1.54, 1.807) is 19.3 Å². The minimum Gasteiger partial charge on any atom is -0.376 e. The largest absolute Gasteiger partial charge is 0.376 e. The average Bonchev–Trinajstić information content (AvgIpc) is 3.20. The summed E-state index contributed by atoms with van der Waals surface area (Å²) in [5.74, 6) is -0.217. The van der Waals surface area contributed by atoms with Crippen molar-refractivity contribution in [1.82, 2.24) is 20.1 Å². The monoisotopic (exact) mass is 416 g/mol. The van der Waals surface area contributed by atoms with E-state index in [2.05, 4.69) is 15.2 Å². The van der Waals surface area contributed by atoms with E-state index in [9.17, 15) is 9.90 Å². The maximum absolute atomic E-state index is 12.5. The van der Waals surface area contributed by atoms with Gasteiger partial charge in [0.25, 0.3) is 5.91 Å². The molecule has 0 saturated heterocycles. The first kappa shape index (κ1) is 19.9. The zero-order chi connectivity index (χ0) is 20.9. The van der Waals surface area contributed by atoms with Gasteiger partial charge in [-0.15, -0.1) is 0 Å². The van der Waals surface area contributed by atoms with Crippen LogP contribution in [-0.2, 0) is 0 Å². The quantitative estimate of drug-likeness (QED) is 0.458. The molecule has 0 radical (unpaired) electrons. The van der Waals surface area contributed by atoms with Crippen molar-refractivity contribution in [2.24, 2.45) is 0 Å². The smallest absolute Gasteiger partial charge is 0.256 e. The van der Waals surface area contributed by atoms with Gasteiger partial charge in [-0.3, -0.25) is 14.9 Å². The van der Waals surface area contributed by atoms with Crippen molar-refractivity contribution in [2.75, 3.05) is 13.8 Å². The van der Waals surface area contributed by atoms with Crippen LogP contribution in [0, 0.1) is 0 Å². The number of hydrogen-bond donors (Lipinski definition) is 2. The van der Waals surface area contributed by atoms with E-state index < -0.39 is 0 Å². The number of aromatic nitrogens is 3. The zero-order valence-corrected chi connectivity index (χ0v) is 17.1. The number of pyridine rings is 1. The lowest BCUT2D eigenvalue weighted by Crippen LogP contribution is -2.27. The second kappa shape index (κ2) is 8.94. The van der Waals surface area contributed by atoms with E-state index in [1.807, 2.05) is 66.7 Å². The van der Waals surface area contributed by atoms with Crippen LogP contribution in [-0.4, -0.2) is 44.9 Å². The van der Waals surface area contributed by atoms with Gasteiger partial charge < -0.3 is 10.0 Å². The van der Waals surface area contributed by atoms with E-state index >= 15 is 0 Å². The minimum absolute atomic E-state index is 0.217. The van der Waals surface area contributed by atoms with Gasteiger partial charge in [0.2, 0.25) is 0 Å². The standard InChI is InChI=1S/C23H20N4O2S/c1-27(15-28)23(29)19-7-2-3-8-22(19)30-17-10-11-18-20(25-26-21(18)14-17)12-9-16-6-4-5-13-24-16/h2-14,28H,15H2,1H3,(H,25,26)/b12-9+. The first-order chi connectivity index (χ1) is 14.7. The van der Waals surface area contributed by atoms with Gasteiger partial charge in [0.15, 0.2) is 0 Å². The third-order valence-corrected chi connectivity index (χ3v) is 5.63. The molecule has 0 aliphatic heterocycles. The number of carbonyl (C=O) groups excluding carboxylic acids is 1. The Balaban J connectivity index is 1.59. The highest BCUT2D eigenvalue weighted by Gasteiger charge is 2.16. The van der Waals surface area contributed by atoms with Crippen molar-refractivity contribution in [1.29, 1.82) is 0 Å². The Labute approximate surface area is 178 Å². The molecule has 0 bridgehead atoms. The third-order valence-electron chi connectivity index (χ3n) is 4.57. The number of nitrogens with zero attached hydrogens (tertiary/aromatic N) is 3. The molecule has 0 fully saturated rings. The third kappa shape index (κ3) is 4.27. The SMILES string of the molecule is CN(CO)C(=O)c1ccccc1Sc1ccc2c(/C=C/c3ccccn3)n[nH]c2c1. The van der Waals surface area contributed by atoms with Crippen LogP contribution in [0.5, 0.6) is 0 Å². The van der Waals surface area contributed by atoms with Gasteiger partial charge in [0.1, 0.15) is 6.73 Å². The summed E-state index contributed by atoms with van der Waals surface area (Å²) in [7, 11) is 1.57. The van der Waals surface area contributed by atoms with Crippen LogP contribution >= 0.6 is 11.8 Å². The van der Waals surface area contributed by atoms with Crippen molar-refractivity contribution < 1.29 is 9.90 Å². The topological polar surface area (TPSA) is 82.1 Å². The molecular formula is C23H20N4O2S. The molecule has 0 spiro atoms. The van der Waals surface area contributed by atoms with Crippen LogP contribution < -0.4 is 0 Å². The number of nitrogens with one attached hydrogen (secondary N) is 1. The first-order valence-electron chi connectivity index (χ1n) is 9.36. The molecule has 4 rings (SSSR count). The number of aromatic amines is 1. The summed E-state index contributed by atoms with van der Waals surface area (Å²) in [6.45, 7) is -0.327. The van der Waals surface area contributed by atoms with Gasteiger partial charge in [0, 0.05) is 28.4 Å². The molecule has 4 aromatic rings. The van der Waals surface area contributed by atoms with Crippen molar-refractivity contribution in [3.8, 4) is 0 Å². The number of H-pyrrole nitrogens is 1. The lowest BCUT2D eigenvalue weighted by atomic mass is 10.2. The summed E-state index contributed by atoms with van der Waals surface area (Å²) in [6.07, 6.45) is 5.62. The summed E-state index contributed by atoms with van der Waals surface area (Å²) >= 11 is 1.50. The molecule has 2 heterocycles. The number of amides is 1. The molecule has 2 aromatic carbocycles. The van der Waals surface area contributed by atoms with Crippen molar-refractivity contribution in [2.45, 2.75) is 9.79 Å². The van der Waals surface area contributed by atoms with Crippen LogP contribution in [0.25, 0.3) is 23.1 Å². The number of hydrogen-bond acceptors (Lipinski definition) is 5. The van der Waals surface area contributed by atoms with Gasteiger partial charge in [0.05, 0.1) is 22.5 Å². The van der Waals surface area contributed by atoms with Crippen molar-refractivity contribution >= 4 is 40.7 Å². The second-order valence-electron chi connectivity index (χ2n) is 6.65. The predicted molar refractivity (Wildman–Crippen MR) is 119 cm³/mol. The summed E-state index contributed by atoms with van der Waals surface area (Å²) in [6, 6.07) is 19.2. The Kier molecular flexibility index (Phi) is 5.92. The van der Waals surface area contributed by atoms with E-state index in [0.717, 1.165) is 32.1 Å². The molecule has 0 aliphatic carbocycles. The molecule has 30 heavy (non-hydrogen) atoms. The fraction of sp³-hybridized carbons (Fsp3) is 0.0870. The van der Waals surface area contributed by atoms with Crippen molar-refractivity contribution in [3.63, 3.8) is 0 Å². The van der Waals surface area contributed by atoms with Crippen LogP contribution in [0.1, 0.15) is 21.7 Å². The zero-order valence-electron chi connectivity index (χ0n) is 16.3. The highest BCUT2D eigenvalue weighted by molar-refractivity contribution is 7.99. The molecule has 1 amide bonds. The van der Waals surface area contributed by atoms with E-state index in [0.29, 0.717) is 5.56 Å². The van der Waals surface area contributed by atoms with E-state index in [-0.39, 0.29) is 12.6 Å². The molecule has 0 aliphatic rings. The van der Waals surface area contributed by atoms with Gasteiger partial charge >= 0.3 is 0 Å². The fourth-order valence-corrected chi connectivity index (χ4v) is 3.96. The number of benzene rings is 2. The summed E-state index contributed by atoms with van der Waals surface area (Å²) in [4.78, 5) is 19.9. The van der Waals surface area contributed by atoms with Crippen LogP contribution in [0.2, 0.25) is 0 Å². The normalized spacial score (nSPS) is 11.3. The Morgan fingerprint density at radius 3 is 2.77 bits per heavy atom. The van der Waals surface area contributed by atoms with Gasteiger partial charge in [-0.2, -0.15) is 5.10 Å². The fourth-order valence-electron chi connectivity index (χ4n) is 2.98. The van der Waals surface area contributed by atoms with Gasteiger partial charge in [-0.05, 0) is 54.6 Å². The van der Waals surface area contributed by atoms with Crippen LogP contribution in [0.3, 0.4) is 0 Å². The Hall–Kier alpha value is -3.42. The molecule has 2 aromatic heterocycles. The van der Waals surface area contributed by atoms with Gasteiger partial charge in [-0.1, -0.05) is 30.0 Å². The summed E-state index contributed by atoms with van der Waals surface area (Å²) < 4.78 is 0. The molecule has 0 saturated carbocycles. The molecule has 6 nitrogen and oxygen atoms in total. The maximum Gasteiger partial charge on any atom is 0.256 e. The molecule has 0 atom stereocenters. The maximum atomic E-state index is 12.5. The number of aliphatic hydroxyl groups is 1.